The van der Waals surface area contributed by atoms with E-state index in [1.54, 1.807) is 12.1 Å². The van der Waals surface area contributed by atoms with Crippen molar-refractivity contribution in [3.8, 4) is 6.07 Å². The Labute approximate surface area is 171 Å². The summed E-state index contributed by atoms with van der Waals surface area (Å²) in [5, 5.41) is 12.3. The van der Waals surface area contributed by atoms with Crippen LogP contribution in [0.5, 0.6) is 0 Å². The van der Waals surface area contributed by atoms with E-state index in [-0.39, 0.29) is 0 Å². The Morgan fingerprint density at radius 2 is 1.76 bits per heavy atom. The monoisotopic (exact) mass is 384 g/mol. The quantitative estimate of drug-likeness (QED) is 0.723. The first-order chi connectivity index (χ1) is 14.2. The molecule has 1 aromatic heterocycles. The zero-order valence-electron chi connectivity index (χ0n) is 16.5. The number of benzene rings is 2. The Balaban J connectivity index is 1.42. The zero-order valence-corrected chi connectivity index (χ0v) is 16.5. The van der Waals surface area contributed by atoms with Crippen LogP contribution in [0.1, 0.15) is 16.8 Å². The van der Waals surface area contributed by atoms with Gasteiger partial charge in [-0.2, -0.15) is 10.2 Å². The first kappa shape index (κ1) is 18.9. The molecule has 0 atom stereocenters. The van der Waals surface area contributed by atoms with E-state index in [0.717, 1.165) is 49.9 Å². The van der Waals surface area contributed by atoms with Gasteiger partial charge in [-0.15, -0.1) is 0 Å². The number of nitrogens with one attached hydrogen (secondary N) is 1. The predicted molar refractivity (Wildman–Crippen MR) is 115 cm³/mol. The lowest BCUT2D eigenvalue weighted by atomic mass is 10.2. The lowest BCUT2D eigenvalue weighted by Gasteiger charge is -2.35. The summed E-state index contributed by atoms with van der Waals surface area (Å²) in [4.78, 5) is 14.0. The SMILES string of the molecule is Cc1cc(N2CCN(Cc3ccccc3)CC2)nc(Nc2cccc(C#N)c2)n1. The van der Waals surface area contributed by atoms with E-state index < -0.39 is 0 Å². The minimum atomic E-state index is 0.557. The smallest absolute Gasteiger partial charge is 0.229 e. The summed E-state index contributed by atoms with van der Waals surface area (Å²) in [5.74, 6) is 1.50. The molecule has 1 aliphatic heterocycles. The number of aryl methyl sites for hydroxylation is 1. The van der Waals surface area contributed by atoms with Gasteiger partial charge in [0.2, 0.25) is 5.95 Å². The Morgan fingerprint density at radius 3 is 2.52 bits per heavy atom. The molecule has 1 N–H and O–H groups in total. The van der Waals surface area contributed by atoms with Gasteiger partial charge in [-0.1, -0.05) is 36.4 Å². The normalized spacial score (nSPS) is 14.4. The number of hydrogen-bond donors (Lipinski definition) is 1. The number of aromatic nitrogens is 2. The highest BCUT2D eigenvalue weighted by Crippen LogP contribution is 2.20. The third kappa shape index (κ3) is 4.89. The highest BCUT2D eigenvalue weighted by molar-refractivity contribution is 5.58. The van der Waals surface area contributed by atoms with Gasteiger partial charge in [0.05, 0.1) is 11.6 Å². The molecule has 0 spiro atoms. The van der Waals surface area contributed by atoms with E-state index in [1.807, 2.05) is 25.1 Å². The molecule has 6 nitrogen and oxygen atoms in total. The number of nitriles is 1. The van der Waals surface area contributed by atoms with Crippen molar-refractivity contribution in [3.63, 3.8) is 0 Å². The summed E-state index contributed by atoms with van der Waals surface area (Å²) in [5.41, 5.74) is 3.69. The zero-order chi connectivity index (χ0) is 20.1. The Hall–Kier alpha value is -3.43. The molecule has 3 aromatic rings. The molecular formula is C23H24N6. The van der Waals surface area contributed by atoms with E-state index in [1.165, 1.54) is 5.56 Å². The van der Waals surface area contributed by atoms with Crippen molar-refractivity contribution >= 4 is 17.5 Å². The maximum absolute atomic E-state index is 9.08. The minimum absolute atomic E-state index is 0.557. The van der Waals surface area contributed by atoms with Crippen molar-refractivity contribution in [1.29, 1.82) is 5.26 Å². The van der Waals surface area contributed by atoms with E-state index >= 15 is 0 Å². The molecule has 0 amide bonds. The van der Waals surface area contributed by atoms with Crippen LogP contribution in [0, 0.1) is 18.3 Å². The maximum atomic E-state index is 9.08. The van der Waals surface area contributed by atoms with Gasteiger partial charge in [-0.05, 0) is 30.7 Å². The molecule has 29 heavy (non-hydrogen) atoms. The van der Waals surface area contributed by atoms with Crippen LogP contribution in [-0.4, -0.2) is 41.0 Å². The van der Waals surface area contributed by atoms with Crippen molar-refractivity contribution in [2.75, 3.05) is 36.4 Å². The second-order valence-corrected chi connectivity index (χ2v) is 7.26. The largest absolute Gasteiger partial charge is 0.354 e. The molecule has 1 aliphatic rings. The van der Waals surface area contributed by atoms with Gasteiger partial charge in [-0.25, -0.2) is 4.98 Å². The van der Waals surface area contributed by atoms with Crippen LogP contribution in [-0.2, 0) is 6.54 Å². The third-order valence-corrected chi connectivity index (χ3v) is 5.03. The fraction of sp³-hybridized carbons (Fsp3) is 0.261. The summed E-state index contributed by atoms with van der Waals surface area (Å²) >= 11 is 0. The van der Waals surface area contributed by atoms with E-state index in [9.17, 15) is 0 Å². The number of anilines is 3. The van der Waals surface area contributed by atoms with Gasteiger partial charge < -0.3 is 10.2 Å². The highest BCUT2D eigenvalue weighted by Gasteiger charge is 2.19. The molecule has 4 rings (SSSR count). The van der Waals surface area contributed by atoms with Crippen molar-refractivity contribution in [3.05, 3.63) is 77.5 Å². The van der Waals surface area contributed by atoms with Gasteiger partial charge >= 0.3 is 0 Å². The summed E-state index contributed by atoms with van der Waals surface area (Å²) in [6.07, 6.45) is 0. The van der Waals surface area contributed by atoms with Crippen LogP contribution in [0.15, 0.2) is 60.7 Å². The van der Waals surface area contributed by atoms with Crippen LogP contribution < -0.4 is 10.2 Å². The van der Waals surface area contributed by atoms with Gasteiger partial charge in [0.15, 0.2) is 0 Å². The summed E-state index contributed by atoms with van der Waals surface area (Å²) in [6, 6.07) is 22.1. The van der Waals surface area contributed by atoms with Crippen LogP contribution in [0.4, 0.5) is 17.5 Å². The van der Waals surface area contributed by atoms with Crippen molar-refractivity contribution < 1.29 is 0 Å². The molecule has 0 saturated carbocycles. The summed E-state index contributed by atoms with van der Waals surface area (Å²) in [6.45, 7) is 6.85. The van der Waals surface area contributed by atoms with Crippen LogP contribution in [0.3, 0.4) is 0 Å². The van der Waals surface area contributed by atoms with E-state index in [0.29, 0.717) is 11.5 Å². The topological polar surface area (TPSA) is 68.1 Å². The third-order valence-electron chi connectivity index (χ3n) is 5.03. The lowest BCUT2D eigenvalue weighted by molar-refractivity contribution is 0.249. The van der Waals surface area contributed by atoms with Crippen molar-refractivity contribution in [1.82, 2.24) is 14.9 Å². The molecule has 0 aliphatic carbocycles. The Bertz CT molecular complexity index is 1000. The first-order valence-electron chi connectivity index (χ1n) is 9.84. The van der Waals surface area contributed by atoms with Gasteiger partial charge in [0.25, 0.3) is 0 Å². The molecule has 0 bridgehead atoms. The number of nitrogens with zero attached hydrogens (tertiary/aromatic N) is 5. The average molecular weight is 384 g/mol. The molecule has 2 aromatic carbocycles. The lowest BCUT2D eigenvalue weighted by Crippen LogP contribution is -2.46. The van der Waals surface area contributed by atoms with E-state index in [4.69, 9.17) is 10.2 Å². The van der Waals surface area contributed by atoms with Gasteiger partial charge in [0.1, 0.15) is 5.82 Å². The first-order valence-corrected chi connectivity index (χ1v) is 9.84. The fourth-order valence-corrected chi connectivity index (χ4v) is 3.54. The Kier molecular flexibility index (Phi) is 5.68. The molecule has 146 valence electrons. The Morgan fingerprint density at radius 1 is 0.966 bits per heavy atom. The molecule has 0 unspecified atom stereocenters. The average Bonchev–Trinajstić information content (AvgIpc) is 2.75. The maximum Gasteiger partial charge on any atom is 0.229 e. The molecule has 0 radical (unpaired) electrons. The van der Waals surface area contributed by atoms with Gasteiger partial charge in [0, 0.05) is 50.2 Å². The molecule has 2 heterocycles. The minimum Gasteiger partial charge on any atom is -0.354 e. The summed E-state index contributed by atoms with van der Waals surface area (Å²) in [7, 11) is 0. The van der Waals surface area contributed by atoms with Crippen LogP contribution in [0.25, 0.3) is 0 Å². The van der Waals surface area contributed by atoms with E-state index in [2.05, 4.69) is 56.5 Å². The van der Waals surface area contributed by atoms with Gasteiger partial charge in [-0.3, -0.25) is 4.90 Å². The second-order valence-electron chi connectivity index (χ2n) is 7.26. The number of hydrogen-bond acceptors (Lipinski definition) is 6. The highest BCUT2D eigenvalue weighted by atomic mass is 15.3. The summed E-state index contributed by atoms with van der Waals surface area (Å²) < 4.78 is 0. The van der Waals surface area contributed by atoms with Crippen LogP contribution in [0.2, 0.25) is 0 Å². The molecule has 1 fully saturated rings. The van der Waals surface area contributed by atoms with Crippen LogP contribution >= 0.6 is 0 Å². The predicted octanol–water partition coefficient (Wildman–Crippen LogP) is 3.72. The van der Waals surface area contributed by atoms with Crippen molar-refractivity contribution in [2.45, 2.75) is 13.5 Å². The fourth-order valence-electron chi connectivity index (χ4n) is 3.54. The number of piperazine rings is 1. The second kappa shape index (κ2) is 8.72. The molecular weight excluding hydrogens is 360 g/mol. The van der Waals surface area contributed by atoms with Crippen molar-refractivity contribution in [2.24, 2.45) is 0 Å². The molecule has 1 saturated heterocycles. The molecule has 6 heteroatoms. The standard InChI is InChI=1S/C23H24N6/c1-18-14-22(27-23(25-18)26-21-9-5-8-20(15-21)16-24)29-12-10-28(11-13-29)17-19-6-3-2-4-7-19/h2-9,14-15H,10-13,17H2,1H3,(H,25,26,27). The number of rotatable bonds is 5.